The van der Waals surface area contributed by atoms with Gasteiger partial charge in [-0.05, 0) is 31.7 Å². The molecule has 1 aromatic heterocycles. The van der Waals surface area contributed by atoms with Gasteiger partial charge in [0, 0.05) is 13.0 Å². The van der Waals surface area contributed by atoms with Crippen molar-refractivity contribution in [1.82, 2.24) is 14.8 Å². The van der Waals surface area contributed by atoms with Crippen LogP contribution in [0.15, 0.2) is 6.33 Å². The normalized spacial score (nSPS) is 12.0. The van der Waals surface area contributed by atoms with Gasteiger partial charge in [-0.1, -0.05) is 13.8 Å². The van der Waals surface area contributed by atoms with Crippen LogP contribution in [0, 0.1) is 5.41 Å². The maximum absolute atomic E-state index is 5.88. The molecule has 0 atom stereocenters. The van der Waals surface area contributed by atoms with Crippen molar-refractivity contribution in [2.24, 2.45) is 11.1 Å². The number of nitrogens with zero attached hydrogens (tertiary/aromatic N) is 3. The Balaban J connectivity index is 2.82. The van der Waals surface area contributed by atoms with Crippen molar-refractivity contribution in [2.45, 2.75) is 46.6 Å². The molecule has 0 amide bonds. The number of hydrogen-bond acceptors (Lipinski definition) is 3. The molecule has 4 nitrogen and oxygen atoms in total. The Morgan fingerprint density at radius 1 is 1.33 bits per heavy atom. The van der Waals surface area contributed by atoms with Gasteiger partial charge in [0.05, 0.1) is 0 Å². The summed E-state index contributed by atoms with van der Waals surface area (Å²) >= 11 is 0. The number of aryl methyl sites for hydroxylation is 1. The lowest BCUT2D eigenvalue weighted by atomic mass is 9.79. The van der Waals surface area contributed by atoms with Gasteiger partial charge in [0.25, 0.3) is 0 Å². The van der Waals surface area contributed by atoms with Gasteiger partial charge in [0.1, 0.15) is 12.2 Å². The second-order valence-electron chi connectivity index (χ2n) is 4.08. The van der Waals surface area contributed by atoms with Crippen LogP contribution in [0.25, 0.3) is 0 Å². The van der Waals surface area contributed by atoms with Gasteiger partial charge in [-0.25, -0.2) is 4.98 Å². The molecule has 0 spiro atoms. The van der Waals surface area contributed by atoms with E-state index in [0.29, 0.717) is 0 Å². The van der Waals surface area contributed by atoms with Crippen LogP contribution in [-0.4, -0.2) is 21.3 Å². The molecule has 86 valence electrons. The smallest absolute Gasteiger partial charge is 0.138 e. The molecule has 0 bridgehead atoms. The number of hydrogen-bond donors (Lipinski definition) is 1. The van der Waals surface area contributed by atoms with E-state index in [2.05, 4.69) is 30.9 Å². The van der Waals surface area contributed by atoms with Gasteiger partial charge < -0.3 is 5.73 Å². The van der Waals surface area contributed by atoms with E-state index >= 15 is 0 Å². The van der Waals surface area contributed by atoms with Crippen molar-refractivity contribution < 1.29 is 0 Å². The summed E-state index contributed by atoms with van der Waals surface area (Å²) in [6, 6.07) is 0. The zero-order valence-corrected chi connectivity index (χ0v) is 10.0. The van der Waals surface area contributed by atoms with Gasteiger partial charge in [0.2, 0.25) is 0 Å². The van der Waals surface area contributed by atoms with Gasteiger partial charge >= 0.3 is 0 Å². The van der Waals surface area contributed by atoms with Crippen LogP contribution in [-0.2, 0) is 13.0 Å². The number of aromatic nitrogens is 3. The first kappa shape index (κ1) is 12.2. The van der Waals surface area contributed by atoms with Crippen LogP contribution in [0.1, 0.15) is 39.4 Å². The topological polar surface area (TPSA) is 56.7 Å². The van der Waals surface area contributed by atoms with E-state index in [1.165, 1.54) is 0 Å². The molecule has 1 heterocycles. The van der Waals surface area contributed by atoms with Gasteiger partial charge in [-0.2, -0.15) is 5.10 Å². The standard InChI is InChI=1S/C11H22N4/c1-4-11(5-2,8-12)7-10-13-9-14-15(10)6-3/h9H,4-8,12H2,1-3H3. The first-order chi connectivity index (χ1) is 7.21. The molecule has 1 rings (SSSR count). The molecule has 0 saturated heterocycles. The maximum atomic E-state index is 5.88. The van der Waals surface area contributed by atoms with Crippen molar-refractivity contribution in [3.63, 3.8) is 0 Å². The molecule has 0 aliphatic heterocycles. The molecular weight excluding hydrogens is 188 g/mol. The van der Waals surface area contributed by atoms with Crippen molar-refractivity contribution in [3.8, 4) is 0 Å². The molecule has 0 aliphatic rings. The van der Waals surface area contributed by atoms with Crippen LogP contribution in [0.5, 0.6) is 0 Å². The second-order valence-corrected chi connectivity index (χ2v) is 4.08. The van der Waals surface area contributed by atoms with E-state index in [-0.39, 0.29) is 5.41 Å². The summed E-state index contributed by atoms with van der Waals surface area (Å²) in [5.41, 5.74) is 6.07. The minimum atomic E-state index is 0.194. The lowest BCUT2D eigenvalue weighted by Crippen LogP contribution is -2.32. The van der Waals surface area contributed by atoms with Crippen molar-refractivity contribution in [3.05, 3.63) is 12.2 Å². The molecule has 0 fully saturated rings. The summed E-state index contributed by atoms with van der Waals surface area (Å²) in [4.78, 5) is 4.31. The van der Waals surface area contributed by atoms with E-state index < -0.39 is 0 Å². The monoisotopic (exact) mass is 210 g/mol. The first-order valence-electron chi connectivity index (χ1n) is 5.78. The highest BCUT2D eigenvalue weighted by Crippen LogP contribution is 2.28. The van der Waals surface area contributed by atoms with Gasteiger partial charge in [-0.15, -0.1) is 0 Å². The van der Waals surface area contributed by atoms with Crippen LogP contribution in [0.2, 0.25) is 0 Å². The Morgan fingerprint density at radius 3 is 2.47 bits per heavy atom. The second kappa shape index (κ2) is 5.26. The summed E-state index contributed by atoms with van der Waals surface area (Å²) in [6.07, 6.45) is 4.75. The third-order valence-corrected chi connectivity index (χ3v) is 3.46. The minimum absolute atomic E-state index is 0.194. The third-order valence-electron chi connectivity index (χ3n) is 3.46. The molecule has 0 saturated carbocycles. The molecule has 15 heavy (non-hydrogen) atoms. The Labute approximate surface area is 91.9 Å². The zero-order chi connectivity index (χ0) is 11.3. The van der Waals surface area contributed by atoms with E-state index in [4.69, 9.17) is 5.73 Å². The van der Waals surface area contributed by atoms with Crippen LogP contribution in [0.4, 0.5) is 0 Å². The average molecular weight is 210 g/mol. The molecular formula is C11H22N4. The van der Waals surface area contributed by atoms with Gasteiger partial charge in [-0.3, -0.25) is 4.68 Å². The molecule has 0 aliphatic carbocycles. The number of rotatable bonds is 6. The van der Waals surface area contributed by atoms with E-state index in [9.17, 15) is 0 Å². The maximum Gasteiger partial charge on any atom is 0.138 e. The first-order valence-corrected chi connectivity index (χ1v) is 5.78. The number of nitrogens with two attached hydrogens (primary N) is 1. The highest BCUT2D eigenvalue weighted by Gasteiger charge is 2.26. The summed E-state index contributed by atoms with van der Waals surface area (Å²) in [7, 11) is 0. The van der Waals surface area contributed by atoms with E-state index in [1.807, 2.05) is 4.68 Å². The average Bonchev–Trinajstić information content (AvgIpc) is 2.73. The Kier molecular flexibility index (Phi) is 4.27. The summed E-state index contributed by atoms with van der Waals surface area (Å²) in [5.74, 6) is 1.06. The highest BCUT2D eigenvalue weighted by atomic mass is 15.3. The minimum Gasteiger partial charge on any atom is -0.330 e. The lowest BCUT2D eigenvalue weighted by Gasteiger charge is -2.29. The van der Waals surface area contributed by atoms with Crippen molar-refractivity contribution in [2.75, 3.05) is 6.54 Å². The van der Waals surface area contributed by atoms with Crippen LogP contribution in [0.3, 0.4) is 0 Å². The fourth-order valence-electron chi connectivity index (χ4n) is 1.89. The quantitative estimate of drug-likeness (QED) is 0.776. The molecule has 1 aromatic rings. The Hall–Kier alpha value is -0.900. The third kappa shape index (κ3) is 2.56. The predicted molar refractivity (Wildman–Crippen MR) is 61.5 cm³/mol. The molecule has 2 N–H and O–H groups in total. The fourth-order valence-corrected chi connectivity index (χ4v) is 1.89. The summed E-state index contributed by atoms with van der Waals surface area (Å²) in [5, 5.41) is 4.19. The van der Waals surface area contributed by atoms with Crippen LogP contribution < -0.4 is 5.73 Å². The SMILES string of the molecule is CCn1ncnc1CC(CC)(CC)CN. The zero-order valence-electron chi connectivity index (χ0n) is 10.0. The van der Waals surface area contributed by atoms with E-state index in [1.54, 1.807) is 6.33 Å². The van der Waals surface area contributed by atoms with Gasteiger partial charge in [0.15, 0.2) is 0 Å². The van der Waals surface area contributed by atoms with E-state index in [0.717, 1.165) is 38.2 Å². The molecule has 0 unspecified atom stereocenters. The fraction of sp³-hybridized carbons (Fsp3) is 0.818. The molecule has 0 radical (unpaired) electrons. The highest BCUT2D eigenvalue weighted by molar-refractivity contribution is 4.93. The molecule has 4 heteroatoms. The summed E-state index contributed by atoms with van der Waals surface area (Å²) in [6.45, 7) is 8.08. The van der Waals surface area contributed by atoms with Crippen molar-refractivity contribution >= 4 is 0 Å². The predicted octanol–water partition coefficient (Wildman–Crippen LogP) is 1.61. The lowest BCUT2D eigenvalue weighted by molar-refractivity contribution is 0.261. The Bertz CT molecular complexity index is 280. The molecule has 0 aromatic carbocycles. The van der Waals surface area contributed by atoms with Crippen LogP contribution >= 0.6 is 0 Å². The summed E-state index contributed by atoms with van der Waals surface area (Å²) < 4.78 is 1.95. The Morgan fingerprint density at radius 2 is 2.00 bits per heavy atom. The van der Waals surface area contributed by atoms with Crippen molar-refractivity contribution in [1.29, 1.82) is 0 Å². The largest absolute Gasteiger partial charge is 0.330 e.